The summed E-state index contributed by atoms with van der Waals surface area (Å²) in [6, 6.07) is 0. The summed E-state index contributed by atoms with van der Waals surface area (Å²) < 4.78 is 0. The predicted octanol–water partition coefficient (Wildman–Crippen LogP) is -0.203. The fourth-order valence-corrected chi connectivity index (χ4v) is 0.710. The molecular formula is C7H15N3O. The van der Waals surface area contributed by atoms with Gasteiger partial charge >= 0.3 is 0 Å². The van der Waals surface area contributed by atoms with Gasteiger partial charge in [0.15, 0.2) is 0 Å². The van der Waals surface area contributed by atoms with E-state index >= 15 is 0 Å². The maximum absolute atomic E-state index is 9.44. The molecule has 0 rings (SSSR count). The van der Waals surface area contributed by atoms with Gasteiger partial charge in [-0.1, -0.05) is 0 Å². The predicted molar refractivity (Wildman–Crippen MR) is 45.4 cm³/mol. The van der Waals surface area contributed by atoms with Crippen LogP contribution in [-0.2, 0) is 0 Å². The van der Waals surface area contributed by atoms with Crippen LogP contribution in [0.3, 0.4) is 0 Å². The average Bonchev–Trinajstić information content (AvgIpc) is 1.79. The average molecular weight is 157 g/mol. The molecule has 0 saturated heterocycles. The minimum absolute atomic E-state index is 0.0727. The summed E-state index contributed by atoms with van der Waals surface area (Å²) in [5, 5.41) is 19.2. The third kappa shape index (κ3) is 3.62. The maximum Gasteiger partial charge on any atom is 0.117 e. The van der Waals surface area contributed by atoms with E-state index in [1.165, 1.54) is 6.08 Å². The zero-order valence-electron chi connectivity index (χ0n) is 7.10. The highest BCUT2D eigenvalue weighted by Gasteiger charge is 2.17. The number of amidine groups is 1. The van der Waals surface area contributed by atoms with Crippen LogP contribution in [0.5, 0.6) is 0 Å². The van der Waals surface area contributed by atoms with E-state index in [9.17, 15) is 5.11 Å². The van der Waals surface area contributed by atoms with Crippen molar-refractivity contribution in [1.29, 1.82) is 5.41 Å². The Morgan fingerprint density at radius 3 is 2.18 bits per heavy atom. The van der Waals surface area contributed by atoms with Gasteiger partial charge in [0.2, 0.25) is 0 Å². The number of nitrogens with one attached hydrogen (secondary N) is 2. The second kappa shape index (κ2) is 3.39. The first-order valence-electron chi connectivity index (χ1n) is 3.34. The summed E-state index contributed by atoms with van der Waals surface area (Å²) in [6.07, 6.45) is 1.39. The van der Waals surface area contributed by atoms with Gasteiger partial charge in [-0.2, -0.15) is 0 Å². The first kappa shape index (κ1) is 9.97. The number of nitrogens with two attached hydrogens (primary N) is 1. The fourth-order valence-electron chi connectivity index (χ4n) is 0.710. The molecule has 0 aliphatic heterocycles. The van der Waals surface area contributed by atoms with E-state index < -0.39 is 5.60 Å². The highest BCUT2D eigenvalue weighted by molar-refractivity contribution is 5.89. The van der Waals surface area contributed by atoms with Crippen LogP contribution in [0.15, 0.2) is 11.8 Å². The number of aliphatic hydroxyl groups is 1. The van der Waals surface area contributed by atoms with Crippen LogP contribution in [0.2, 0.25) is 0 Å². The molecule has 0 heterocycles. The zero-order valence-corrected chi connectivity index (χ0v) is 7.10. The molecule has 0 atom stereocenters. The Labute approximate surface area is 66.6 Å². The van der Waals surface area contributed by atoms with Crippen LogP contribution in [0.4, 0.5) is 0 Å². The van der Waals surface area contributed by atoms with E-state index in [-0.39, 0.29) is 5.84 Å². The molecule has 0 aromatic carbocycles. The van der Waals surface area contributed by atoms with Crippen molar-refractivity contribution in [2.24, 2.45) is 5.73 Å². The molecule has 11 heavy (non-hydrogen) atoms. The molecule has 0 saturated carbocycles. The summed E-state index contributed by atoms with van der Waals surface area (Å²) in [6.45, 7) is 3.25. The highest BCUT2D eigenvalue weighted by atomic mass is 16.3. The second-order valence-corrected chi connectivity index (χ2v) is 2.82. The van der Waals surface area contributed by atoms with E-state index in [1.54, 1.807) is 20.9 Å². The second-order valence-electron chi connectivity index (χ2n) is 2.82. The fraction of sp³-hybridized carbons (Fsp3) is 0.571. The minimum atomic E-state index is -0.972. The van der Waals surface area contributed by atoms with Gasteiger partial charge in [-0.3, -0.25) is 5.41 Å². The van der Waals surface area contributed by atoms with Crippen LogP contribution in [0.1, 0.15) is 13.8 Å². The van der Waals surface area contributed by atoms with Crippen molar-refractivity contribution in [3.63, 3.8) is 0 Å². The normalized spacial score (nSPS) is 12.9. The van der Waals surface area contributed by atoms with Crippen molar-refractivity contribution in [2.45, 2.75) is 19.4 Å². The van der Waals surface area contributed by atoms with E-state index in [0.29, 0.717) is 5.70 Å². The lowest BCUT2D eigenvalue weighted by atomic mass is 10.1. The molecule has 0 aromatic rings. The number of hydrogen-bond donors (Lipinski definition) is 4. The smallest absolute Gasteiger partial charge is 0.117 e. The van der Waals surface area contributed by atoms with Gasteiger partial charge in [-0.15, -0.1) is 0 Å². The van der Waals surface area contributed by atoms with E-state index in [2.05, 4.69) is 5.32 Å². The van der Waals surface area contributed by atoms with Crippen LogP contribution < -0.4 is 11.1 Å². The molecule has 0 spiro atoms. The summed E-state index contributed by atoms with van der Waals surface area (Å²) in [5.41, 5.74) is 4.68. The Balaban J connectivity index is 4.54. The van der Waals surface area contributed by atoms with Gasteiger partial charge in [0.05, 0.1) is 5.60 Å². The number of likely N-dealkylation sites (N-methyl/N-ethyl adjacent to an activating group) is 1. The van der Waals surface area contributed by atoms with Crippen molar-refractivity contribution in [1.82, 2.24) is 5.32 Å². The van der Waals surface area contributed by atoms with Crippen LogP contribution in [0.25, 0.3) is 0 Å². The molecule has 0 aliphatic rings. The van der Waals surface area contributed by atoms with Gasteiger partial charge in [-0.25, -0.2) is 0 Å². The zero-order chi connectivity index (χ0) is 9.07. The third-order valence-corrected chi connectivity index (χ3v) is 1.23. The first-order valence-corrected chi connectivity index (χ1v) is 3.34. The molecule has 0 aromatic heterocycles. The maximum atomic E-state index is 9.44. The molecule has 0 unspecified atom stereocenters. The number of hydrogen-bond acceptors (Lipinski definition) is 3. The van der Waals surface area contributed by atoms with E-state index in [4.69, 9.17) is 11.1 Å². The molecule has 0 bridgehead atoms. The van der Waals surface area contributed by atoms with Gasteiger partial charge in [0.1, 0.15) is 5.84 Å². The Hall–Kier alpha value is -1.03. The van der Waals surface area contributed by atoms with Gasteiger partial charge in [0.25, 0.3) is 0 Å². The third-order valence-electron chi connectivity index (χ3n) is 1.23. The Bertz CT molecular complexity index is 179. The molecule has 0 radical (unpaired) electrons. The van der Waals surface area contributed by atoms with Crippen LogP contribution in [-0.4, -0.2) is 23.6 Å². The lowest BCUT2D eigenvalue weighted by Gasteiger charge is -2.20. The van der Waals surface area contributed by atoms with Crippen molar-refractivity contribution in [2.75, 3.05) is 7.05 Å². The summed E-state index contributed by atoms with van der Waals surface area (Å²) >= 11 is 0. The molecule has 64 valence electrons. The van der Waals surface area contributed by atoms with Crippen molar-refractivity contribution < 1.29 is 5.11 Å². The standard InChI is InChI=1S/C7H15N3O/c1-7(2,11)5(10-3)4-6(8)9/h4,10-11H,1-3H3,(H3,8,9)/b5-4-. The molecule has 4 nitrogen and oxygen atoms in total. The summed E-state index contributed by atoms with van der Waals surface area (Å²) in [5.74, 6) is -0.0727. The van der Waals surface area contributed by atoms with E-state index in [1.807, 2.05) is 0 Å². The minimum Gasteiger partial charge on any atom is -0.389 e. The topological polar surface area (TPSA) is 82.1 Å². The van der Waals surface area contributed by atoms with Crippen LogP contribution in [0, 0.1) is 5.41 Å². The van der Waals surface area contributed by atoms with Crippen molar-refractivity contribution >= 4 is 5.84 Å². The number of rotatable bonds is 3. The SMILES string of the molecule is CN/C(=C\C(=N)N)C(C)(C)O. The molecule has 0 aliphatic carbocycles. The Kier molecular flexibility index (Phi) is 3.07. The van der Waals surface area contributed by atoms with Crippen molar-refractivity contribution in [3.8, 4) is 0 Å². The molecule has 0 fully saturated rings. The largest absolute Gasteiger partial charge is 0.389 e. The van der Waals surface area contributed by atoms with Crippen LogP contribution >= 0.6 is 0 Å². The monoisotopic (exact) mass is 157 g/mol. The van der Waals surface area contributed by atoms with Gasteiger partial charge < -0.3 is 16.2 Å². The van der Waals surface area contributed by atoms with Gasteiger partial charge in [0, 0.05) is 18.8 Å². The lowest BCUT2D eigenvalue weighted by Crippen LogP contribution is -2.31. The Morgan fingerprint density at radius 2 is 2.09 bits per heavy atom. The molecule has 5 N–H and O–H groups in total. The lowest BCUT2D eigenvalue weighted by molar-refractivity contribution is 0.113. The first-order chi connectivity index (χ1) is 4.88. The summed E-state index contributed by atoms with van der Waals surface area (Å²) in [4.78, 5) is 0. The van der Waals surface area contributed by atoms with Gasteiger partial charge in [-0.05, 0) is 13.8 Å². The van der Waals surface area contributed by atoms with E-state index in [0.717, 1.165) is 0 Å². The molecule has 4 heteroatoms. The van der Waals surface area contributed by atoms with Crippen molar-refractivity contribution in [3.05, 3.63) is 11.8 Å². The molecular weight excluding hydrogens is 142 g/mol. The summed E-state index contributed by atoms with van der Waals surface area (Å²) in [7, 11) is 1.67. The Morgan fingerprint density at radius 1 is 1.64 bits per heavy atom. The highest BCUT2D eigenvalue weighted by Crippen LogP contribution is 2.10. The quantitative estimate of drug-likeness (QED) is 0.338. The molecule has 0 amide bonds.